The van der Waals surface area contributed by atoms with Gasteiger partial charge in [-0.15, -0.1) is 0 Å². The number of rotatable bonds is 9. The van der Waals surface area contributed by atoms with Gasteiger partial charge in [-0.1, -0.05) is 6.92 Å². The minimum absolute atomic E-state index is 0.245. The smallest absolute Gasteiger partial charge is 0.242 e. The Kier molecular flexibility index (Phi) is 6.19. The van der Waals surface area contributed by atoms with Crippen molar-refractivity contribution in [3.05, 3.63) is 18.0 Å². The first-order valence-electron chi connectivity index (χ1n) is 6.71. The summed E-state index contributed by atoms with van der Waals surface area (Å²) < 4.78 is 32.2. The zero-order chi connectivity index (χ0) is 15.2. The third-order valence-corrected chi connectivity index (χ3v) is 4.36. The molecule has 1 rings (SSSR count). The highest BCUT2D eigenvalue weighted by Crippen LogP contribution is 2.14. The van der Waals surface area contributed by atoms with E-state index in [-0.39, 0.29) is 4.90 Å². The largest absolute Gasteiger partial charge is 0.383 e. The molecule has 0 aliphatic rings. The van der Waals surface area contributed by atoms with Crippen LogP contribution >= 0.6 is 0 Å². The first-order valence-corrected chi connectivity index (χ1v) is 8.20. The summed E-state index contributed by atoms with van der Waals surface area (Å²) in [6.07, 6.45) is 2.55. The predicted molar refractivity (Wildman–Crippen MR) is 79.1 cm³/mol. The normalized spacial score (nSPS) is 12.8. The quantitative estimate of drug-likeness (QED) is 0.599. The second-order valence-corrected chi connectivity index (χ2v) is 7.14. The zero-order valence-electron chi connectivity index (χ0n) is 12.6. The Labute approximate surface area is 121 Å². The van der Waals surface area contributed by atoms with Gasteiger partial charge in [-0.25, -0.2) is 13.1 Å². The van der Waals surface area contributed by atoms with Gasteiger partial charge in [0.25, 0.3) is 0 Å². The van der Waals surface area contributed by atoms with E-state index < -0.39 is 15.6 Å². The topological polar surface area (TPSA) is 83.2 Å². The van der Waals surface area contributed by atoms with Gasteiger partial charge in [-0.2, -0.15) is 0 Å². The lowest BCUT2D eigenvalue weighted by atomic mass is 10.1. The maximum atomic E-state index is 12.3. The van der Waals surface area contributed by atoms with Crippen molar-refractivity contribution in [3.63, 3.8) is 0 Å². The van der Waals surface area contributed by atoms with Crippen LogP contribution in [0.2, 0.25) is 0 Å². The molecule has 1 aromatic rings. The van der Waals surface area contributed by atoms with Crippen LogP contribution in [-0.4, -0.2) is 39.2 Å². The number of methoxy groups -OCH3 is 1. The van der Waals surface area contributed by atoms with Gasteiger partial charge in [0.1, 0.15) is 0 Å². The number of hydrogen-bond donors (Lipinski definition) is 3. The lowest BCUT2D eigenvalue weighted by Gasteiger charge is -2.24. The van der Waals surface area contributed by atoms with Crippen molar-refractivity contribution in [1.82, 2.24) is 15.0 Å². The van der Waals surface area contributed by atoms with Gasteiger partial charge in [-0.05, 0) is 32.9 Å². The number of nitrogens with one attached hydrogen (secondary N) is 3. The third kappa shape index (κ3) is 5.24. The van der Waals surface area contributed by atoms with E-state index in [0.29, 0.717) is 13.2 Å². The number of aromatic nitrogens is 1. The molecule has 0 saturated carbocycles. The van der Waals surface area contributed by atoms with Gasteiger partial charge in [0.15, 0.2) is 0 Å². The van der Waals surface area contributed by atoms with Gasteiger partial charge >= 0.3 is 0 Å². The van der Waals surface area contributed by atoms with Gasteiger partial charge < -0.3 is 15.0 Å². The fourth-order valence-corrected chi connectivity index (χ4v) is 3.30. The molecule has 0 saturated heterocycles. The standard InChI is InChI=1S/C13H25N3O3S/c1-5-6-14-8-11-7-12(9-15-11)20(17,18)16-13(2,3)10-19-4/h7,9,14-16H,5-6,8,10H2,1-4H3. The third-order valence-electron chi connectivity index (χ3n) is 2.68. The molecular weight excluding hydrogens is 278 g/mol. The number of H-pyrrole nitrogens is 1. The molecule has 0 atom stereocenters. The number of hydrogen-bond acceptors (Lipinski definition) is 4. The summed E-state index contributed by atoms with van der Waals surface area (Å²) >= 11 is 0. The van der Waals surface area contributed by atoms with Crippen LogP contribution in [0.4, 0.5) is 0 Å². The Balaban J connectivity index is 2.73. The molecule has 20 heavy (non-hydrogen) atoms. The second kappa shape index (κ2) is 7.21. The van der Waals surface area contributed by atoms with Crippen molar-refractivity contribution >= 4 is 10.0 Å². The van der Waals surface area contributed by atoms with Crippen LogP contribution in [-0.2, 0) is 21.3 Å². The predicted octanol–water partition coefficient (Wildman–Crippen LogP) is 1.22. The van der Waals surface area contributed by atoms with E-state index in [1.807, 2.05) is 0 Å². The summed E-state index contributed by atoms with van der Waals surface area (Å²) in [4.78, 5) is 3.22. The Morgan fingerprint density at radius 2 is 2.10 bits per heavy atom. The molecule has 0 spiro atoms. The van der Waals surface area contributed by atoms with Crippen LogP contribution in [0.1, 0.15) is 32.9 Å². The molecule has 0 amide bonds. The number of sulfonamides is 1. The van der Waals surface area contributed by atoms with Gasteiger partial charge in [0.2, 0.25) is 10.0 Å². The van der Waals surface area contributed by atoms with Gasteiger partial charge in [-0.3, -0.25) is 0 Å². The summed E-state index contributed by atoms with van der Waals surface area (Å²) in [5.74, 6) is 0. The zero-order valence-corrected chi connectivity index (χ0v) is 13.4. The molecule has 7 heteroatoms. The van der Waals surface area contributed by atoms with Crippen molar-refractivity contribution in [2.24, 2.45) is 0 Å². The highest BCUT2D eigenvalue weighted by atomic mass is 32.2. The summed E-state index contributed by atoms with van der Waals surface area (Å²) in [6, 6.07) is 1.65. The molecule has 0 aliphatic carbocycles. The van der Waals surface area contributed by atoms with Crippen LogP contribution in [0.25, 0.3) is 0 Å². The Hall–Kier alpha value is -0.890. The van der Waals surface area contributed by atoms with Crippen molar-refractivity contribution in [2.45, 2.75) is 44.2 Å². The van der Waals surface area contributed by atoms with Crippen LogP contribution < -0.4 is 10.0 Å². The van der Waals surface area contributed by atoms with Gasteiger partial charge in [0.05, 0.1) is 17.0 Å². The molecule has 0 radical (unpaired) electrons. The van der Waals surface area contributed by atoms with Crippen LogP contribution in [0.3, 0.4) is 0 Å². The Morgan fingerprint density at radius 3 is 2.70 bits per heavy atom. The average molecular weight is 303 g/mol. The maximum Gasteiger partial charge on any atom is 0.242 e. The summed E-state index contributed by atoms with van der Waals surface area (Å²) in [5, 5.41) is 3.22. The van der Waals surface area contributed by atoms with Crippen LogP contribution in [0, 0.1) is 0 Å². The van der Waals surface area contributed by atoms with Crippen molar-refractivity contribution in [3.8, 4) is 0 Å². The van der Waals surface area contributed by atoms with Crippen molar-refractivity contribution in [2.75, 3.05) is 20.3 Å². The van der Waals surface area contributed by atoms with E-state index in [9.17, 15) is 8.42 Å². The lowest BCUT2D eigenvalue weighted by molar-refractivity contribution is 0.141. The molecule has 3 N–H and O–H groups in total. The lowest BCUT2D eigenvalue weighted by Crippen LogP contribution is -2.46. The first kappa shape index (κ1) is 17.2. The Bertz CT molecular complexity index is 509. The summed E-state index contributed by atoms with van der Waals surface area (Å²) in [6.45, 7) is 7.49. The minimum Gasteiger partial charge on any atom is -0.383 e. The molecular formula is C13H25N3O3S. The van der Waals surface area contributed by atoms with E-state index >= 15 is 0 Å². The maximum absolute atomic E-state index is 12.3. The monoisotopic (exact) mass is 303 g/mol. The Morgan fingerprint density at radius 1 is 1.40 bits per heavy atom. The SMILES string of the molecule is CCCNCc1cc(S(=O)(=O)NC(C)(C)COC)c[nH]1. The highest BCUT2D eigenvalue weighted by molar-refractivity contribution is 7.89. The molecule has 0 bridgehead atoms. The van der Waals surface area contributed by atoms with Crippen molar-refractivity contribution < 1.29 is 13.2 Å². The molecule has 0 aromatic carbocycles. The minimum atomic E-state index is -3.54. The average Bonchev–Trinajstić information content (AvgIpc) is 2.77. The van der Waals surface area contributed by atoms with Crippen LogP contribution in [0.5, 0.6) is 0 Å². The van der Waals surface area contributed by atoms with E-state index in [1.54, 1.807) is 27.0 Å². The molecule has 1 aromatic heterocycles. The van der Waals surface area contributed by atoms with E-state index in [0.717, 1.165) is 18.7 Å². The highest BCUT2D eigenvalue weighted by Gasteiger charge is 2.26. The number of ether oxygens (including phenoxy) is 1. The molecule has 0 aliphatic heterocycles. The fraction of sp³-hybridized carbons (Fsp3) is 0.692. The van der Waals surface area contributed by atoms with E-state index in [2.05, 4.69) is 21.9 Å². The second-order valence-electron chi connectivity index (χ2n) is 5.46. The summed E-state index contributed by atoms with van der Waals surface area (Å²) in [5.41, 5.74) is 0.203. The molecule has 0 unspecified atom stereocenters. The summed E-state index contributed by atoms with van der Waals surface area (Å²) in [7, 11) is -1.99. The first-order chi connectivity index (χ1) is 9.30. The molecule has 116 valence electrons. The number of aromatic amines is 1. The van der Waals surface area contributed by atoms with Gasteiger partial charge in [0, 0.05) is 25.5 Å². The molecule has 1 heterocycles. The molecule has 0 fully saturated rings. The van der Waals surface area contributed by atoms with Crippen LogP contribution in [0.15, 0.2) is 17.2 Å². The van der Waals surface area contributed by atoms with E-state index in [1.165, 1.54) is 6.20 Å². The molecule has 6 nitrogen and oxygen atoms in total. The van der Waals surface area contributed by atoms with Crippen molar-refractivity contribution in [1.29, 1.82) is 0 Å². The van der Waals surface area contributed by atoms with E-state index in [4.69, 9.17) is 4.74 Å². The fourth-order valence-electron chi connectivity index (χ4n) is 1.89.